The van der Waals surface area contributed by atoms with Crippen LogP contribution in [0.5, 0.6) is 0 Å². The first-order valence-electron chi connectivity index (χ1n) is 11.3. The van der Waals surface area contributed by atoms with Gasteiger partial charge in [0.1, 0.15) is 5.15 Å². The number of carboxylic acid groups (broad SMARTS) is 1. The van der Waals surface area contributed by atoms with Crippen LogP contribution in [0, 0.1) is 12.8 Å². The molecular formula is C24H26ClF2N5O3. The number of benzene rings is 1. The summed E-state index contributed by atoms with van der Waals surface area (Å²) >= 11 is 5.87. The number of rotatable bonds is 6. The van der Waals surface area contributed by atoms with Crippen LogP contribution in [-0.2, 0) is 7.05 Å². The van der Waals surface area contributed by atoms with Crippen molar-refractivity contribution in [2.45, 2.75) is 39.2 Å². The van der Waals surface area contributed by atoms with Gasteiger partial charge >= 0.3 is 5.97 Å². The lowest BCUT2D eigenvalue weighted by Crippen LogP contribution is -2.39. The average molecular weight is 506 g/mol. The van der Waals surface area contributed by atoms with Crippen molar-refractivity contribution in [2.24, 2.45) is 13.0 Å². The molecule has 0 radical (unpaired) electrons. The minimum atomic E-state index is -2.36. The standard InChI is InChI=1S/C24H26ClF2N5O3/c1-12-10-15(13(2)28-17-4-5-18(25)29-20(17)23(34)35)19-16(11-12)22(33)31(3)24(30-19)32-8-6-14(7-9-32)21(26)27/h4-5,10-11,13-14,21,28H,6-9H2,1-3H3,(H,34,35)/t13-/m0/s1. The van der Waals surface area contributed by atoms with Gasteiger partial charge in [0, 0.05) is 31.6 Å². The molecule has 1 atom stereocenters. The van der Waals surface area contributed by atoms with Crippen LogP contribution in [0.2, 0.25) is 5.15 Å². The van der Waals surface area contributed by atoms with E-state index in [9.17, 15) is 23.5 Å². The number of carboxylic acids is 1. The van der Waals surface area contributed by atoms with Crippen molar-refractivity contribution >= 4 is 40.1 Å². The molecule has 2 aromatic heterocycles. The van der Waals surface area contributed by atoms with Crippen LogP contribution >= 0.6 is 11.6 Å². The summed E-state index contributed by atoms with van der Waals surface area (Å²) in [5, 5.41) is 13.2. The average Bonchev–Trinajstić information content (AvgIpc) is 2.82. The Bertz CT molecular complexity index is 1340. The molecule has 0 bridgehead atoms. The smallest absolute Gasteiger partial charge is 0.356 e. The molecule has 3 aromatic rings. The molecule has 0 amide bonds. The minimum Gasteiger partial charge on any atom is -0.476 e. The van der Waals surface area contributed by atoms with Gasteiger partial charge in [-0.05, 0) is 50.5 Å². The summed E-state index contributed by atoms with van der Waals surface area (Å²) in [7, 11) is 1.63. The van der Waals surface area contributed by atoms with Crippen LogP contribution in [0.1, 0.15) is 47.4 Å². The number of piperidine rings is 1. The quantitative estimate of drug-likeness (QED) is 0.470. The van der Waals surface area contributed by atoms with Gasteiger partial charge < -0.3 is 15.3 Å². The van der Waals surface area contributed by atoms with Crippen LogP contribution < -0.4 is 15.8 Å². The monoisotopic (exact) mass is 505 g/mol. The summed E-state index contributed by atoms with van der Waals surface area (Å²) in [4.78, 5) is 35.5. The van der Waals surface area contributed by atoms with Gasteiger partial charge in [0.15, 0.2) is 5.69 Å². The van der Waals surface area contributed by atoms with E-state index in [-0.39, 0.29) is 22.1 Å². The fourth-order valence-electron chi connectivity index (χ4n) is 4.53. The van der Waals surface area contributed by atoms with E-state index in [0.717, 1.165) is 5.56 Å². The highest BCUT2D eigenvalue weighted by Gasteiger charge is 2.28. The number of hydrogen-bond acceptors (Lipinski definition) is 6. The lowest BCUT2D eigenvalue weighted by molar-refractivity contribution is 0.0633. The number of pyridine rings is 1. The number of aromatic nitrogens is 3. The molecule has 0 spiro atoms. The molecule has 1 aliphatic heterocycles. The largest absolute Gasteiger partial charge is 0.476 e. The number of nitrogens with one attached hydrogen (secondary N) is 1. The second-order valence-corrected chi connectivity index (χ2v) is 9.27. The topological polar surface area (TPSA) is 100 Å². The molecule has 1 saturated heterocycles. The van der Waals surface area contributed by atoms with Gasteiger partial charge in [-0.3, -0.25) is 9.36 Å². The molecule has 0 unspecified atom stereocenters. The van der Waals surface area contributed by atoms with Gasteiger partial charge in [-0.25, -0.2) is 23.5 Å². The molecule has 1 fully saturated rings. The Morgan fingerprint density at radius 2 is 1.91 bits per heavy atom. The summed E-state index contributed by atoms with van der Waals surface area (Å²) in [5.74, 6) is -1.45. The Hall–Kier alpha value is -3.27. The highest BCUT2D eigenvalue weighted by molar-refractivity contribution is 6.29. The zero-order chi connectivity index (χ0) is 25.4. The minimum absolute atomic E-state index is 0.0621. The lowest BCUT2D eigenvalue weighted by atomic mass is 9.97. The fraction of sp³-hybridized carbons (Fsp3) is 0.417. The van der Waals surface area contributed by atoms with Crippen molar-refractivity contribution in [2.75, 3.05) is 23.3 Å². The molecule has 2 N–H and O–H groups in total. The molecular weight excluding hydrogens is 480 g/mol. The number of hydrogen-bond donors (Lipinski definition) is 2. The molecule has 11 heteroatoms. The normalized spacial score (nSPS) is 15.6. The van der Waals surface area contributed by atoms with Gasteiger partial charge in [0.05, 0.1) is 22.6 Å². The summed E-state index contributed by atoms with van der Waals surface area (Å²) in [5.41, 5.74) is 1.85. The first-order valence-corrected chi connectivity index (χ1v) is 11.7. The van der Waals surface area contributed by atoms with E-state index >= 15 is 0 Å². The number of carbonyl (C=O) groups is 1. The second kappa shape index (κ2) is 9.77. The first kappa shape index (κ1) is 24.8. The number of anilines is 2. The second-order valence-electron chi connectivity index (χ2n) is 8.89. The molecule has 0 aliphatic carbocycles. The van der Waals surface area contributed by atoms with E-state index in [4.69, 9.17) is 16.6 Å². The van der Waals surface area contributed by atoms with E-state index < -0.39 is 24.4 Å². The van der Waals surface area contributed by atoms with Gasteiger partial charge in [-0.2, -0.15) is 0 Å². The zero-order valence-corrected chi connectivity index (χ0v) is 20.3. The van der Waals surface area contributed by atoms with Gasteiger partial charge in [-0.1, -0.05) is 17.7 Å². The molecule has 8 nitrogen and oxygen atoms in total. The number of halogens is 3. The van der Waals surface area contributed by atoms with Crippen molar-refractivity contribution < 1.29 is 18.7 Å². The predicted molar refractivity (Wildman–Crippen MR) is 131 cm³/mol. The number of nitrogens with zero attached hydrogens (tertiary/aromatic N) is 4. The van der Waals surface area contributed by atoms with E-state index in [0.29, 0.717) is 48.3 Å². The molecule has 35 heavy (non-hydrogen) atoms. The number of alkyl halides is 2. The molecule has 3 heterocycles. The van der Waals surface area contributed by atoms with E-state index in [1.807, 2.05) is 24.8 Å². The first-order chi connectivity index (χ1) is 16.6. The fourth-order valence-corrected chi connectivity index (χ4v) is 4.68. The lowest BCUT2D eigenvalue weighted by Gasteiger charge is -2.33. The van der Waals surface area contributed by atoms with Crippen LogP contribution in [0.3, 0.4) is 0 Å². The van der Waals surface area contributed by atoms with Crippen molar-refractivity contribution in [1.82, 2.24) is 14.5 Å². The van der Waals surface area contributed by atoms with E-state index in [1.165, 1.54) is 16.7 Å². The van der Waals surface area contributed by atoms with Gasteiger partial charge in [0.25, 0.3) is 5.56 Å². The van der Waals surface area contributed by atoms with Crippen LogP contribution in [0.25, 0.3) is 10.9 Å². The molecule has 1 aliphatic rings. The number of aryl methyl sites for hydroxylation is 1. The maximum absolute atomic E-state index is 13.3. The van der Waals surface area contributed by atoms with Crippen molar-refractivity contribution in [3.05, 3.63) is 56.6 Å². The predicted octanol–water partition coefficient (Wildman–Crippen LogP) is 4.64. The third-order valence-corrected chi connectivity index (χ3v) is 6.62. The molecule has 186 valence electrons. The van der Waals surface area contributed by atoms with Crippen LogP contribution in [0.15, 0.2) is 29.1 Å². The van der Waals surface area contributed by atoms with Crippen LogP contribution in [-0.4, -0.2) is 45.1 Å². The molecule has 1 aromatic carbocycles. The summed E-state index contributed by atoms with van der Waals surface area (Å²) in [6.07, 6.45) is -1.71. The Kier molecular flexibility index (Phi) is 6.93. The van der Waals surface area contributed by atoms with Crippen molar-refractivity contribution in [3.8, 4) is 0 Å². The Morgan fingerprint density at radius 3 is 2.54 bits per heavy atom. The molecule has 4 rings (SSSR count). The molecule has 0 saturated carbocycles. The van der Waals surface area contributed by atoms with Crippen molar-refractivity contribution in [3.63, 3.8) is 0 Å². The Morgan fingerprint density at radius 1 is 1.23 bits per heavy atom. The SMILES string of the molecule is Cc1cc([C@H](C)Nc2ccc(Cl)nc2C(=O)O)c2nc(N3CCC(C(F)F)CC3)n(C)c(=O)c2c1. The third kappa shape index (κ3) is 4.93. The van der Waals surface area contributed by atoms with E-state index in [2.05, 4.69) is 10.3 Å². The number of aromatic carboxylic acids is 1. The summed E-state index contributed by atoms with van der Waals surface area (Å²) in [6.45, 7) is 4.47. The summed E-state index contributed by atoms with van der Waals surface area (Å²) in [6, 6.07) is 6.25. The highest BCUT2D eigenvalue weighted by Crippen LogP contribution is 2.30. The van der Waals surface area contributed by atoms with Gasteiger partial charge in [-0.15, -0.1) is 0 Å². The third-order valence-electron chi connectivity index (χ3n) is 6.41. The van der Waals surface area contributed by atoms with Crippen molar-refractivity contribution in [1.29, 1.82) is 0 Å². The van der Waals surface area contributed by atoms with Gasteiger partial charge in [0.2, 0.25) is 12.4 Å². The maximum atomic E-state index is 13.3. The Labute approximate surface area is 205 Å². The van der Waals surface area contributed by atoms with E-state index in [1.54, 1.807) is 13.1 Å². The van der Waals surface area contributed by atoms with Crippen LogP contribution in [0.4, 0.5) is 20.4 Å². The number of fused-ring (bicyclic) bond motifs is 1. The zero-order valence-electron chi connectivity index (χ0n) is 19.6. The maximum Gasteiger partial charge on any atom is 0.356 e. The Balaban J connectivity index is 1.76. The highest BCUT2D eigenvalue weighted by atomic mass is 35.5. The summed E-state index contributed by atoms with van der Waals surface area (Å²) < 4.78 is 27.7.